The van der Waals surface area contributed by atoms with Crippen molar-refractivity contribution in [3.8, 4) is 0 Å². The first-order chi connectivity index (χ1) is 11.6. The number of hydrogen-bond donors (Lipinski definition) is 2. The van der Waals surface area contributed by atoms with Gasteiger partial charge in [0, 0.05) is 30.5 Å². The Labute approximate surface area is 141 Å². The summed E-state index contributed by atoms with van der Waals surface area (Å²) >= 11 is 0. The van der Waals surface area contributed by atoms with Crippen LogP contribution in [-0.2, 0) is 0 Å². The van der Waals surface area contributed by atoms with Gasteiger partial charge in [-0.2, -0.15) is 0 Å². The van der Waals surface area contributed by atoms with Crippen LogP contribution in [0, 0.1) is 12.7 Å². The molecule has 1 aliphatic rings. The summed E-state index contributed by atoms with van der Waals surface area (Å²) in [6, 6.07) is 14.2. The zero-order chi connectivity index (χ0) is 16.9. The first-order valence-electron chi connectivity index (χ1n) is 8.25. The van der Waals surface area contributed by atoms with Crippen molar-refractivity contribution in [3.63, 3.8) is 0 Å². The van der Waals surface area contributed by atoms with E-state index < -0.39 is 0 Å². The lowest BCUT2D eigenvalue weighted by Gasteiger charge is -2.33. The Hall–Kier alpha value is -2.56. The van der Waals surface area contributed by atoms with Crippen LogP contribution in [0.15, 0.2) is 48.5 Å². The van der Waals surface area contributed by atoms with Crippen LogP contribution in [0.1, 0.15) is 18.4 Å². The van der Waals surface area contributed by atoms with E-state index in [1.807, 2.05) is 37.3 Å². The number of aryl methyl sites for hydroxylation is 1. The minimum absolute atomic E-state index is 0.0930. The number of halogens is 1. The molecule has 4 nitrogen and oxygen atoms in total. The highest BCUT2D eigenvalue weighted by Gasteiger charge is 2.23. The number of carbonyl (C=O) groups excluding carboxylic acids is 1. The molecule has 2 N–H and O–H groups in total. The molecule has 0 bridgehead atoms. The third kappa shape index (κ3) is 4.25. The molecular formula is C19H22FN3O. The molecule has 1 aliphatic heterocycles. The number of benzene rings is 2. The van der Waals surface area contributed by atoms with Gasteiger partial charge in [0.2, 0.25) is 0 Å². The Kier molecular flexibility index (Phi) is 4.99. The standard InChI is InChI=1S/C19H22FN3O/c1-14-7-9-16(10-8-14)22-19(24)23-11-3-6-18(13-23)21-17-5-2-4-15(20)12-17/h2,4-5,7-10,12,18,21H,3,6,11,13H2,1H3,(H,22,24)/t18-/m0/s1. The maximum absolute atomic E-state index is 13.3. The molecule has 1 fully saturated rings. The van der Waals surface area contributed by atoms with E-state index in [1.165, 1.54) is 12.1 Å². The Bertz CT molecular complexity index is 702. The first-order valence-corrected chi connectivity index (χ1v) is 8.25. The molecule has 0 aromatic heterocycles. The van der Waals surface area contributed by atoms with Gasteiger partial charge in [-0.15, -0.1) is 0 Å². The summed E-state index contributed by atoms with van der Waals surface area (Å²) in [6.07, 6.45) is 1.89. The van der Waals surface area contributed by atoms with Crippen molar-refractivity contribution in [3.05, 3.63) is 59.9 Å². The monoisotopic (exact) mass is 327 g/mol. The molecule has 0 unspecified atom stereocenters. The van der Waals surface area contributed by atoms with E-state index in [1.54, 1.807) is 11.0 Å². The number of urea groups is 1. The number of likely N-dealkylation sites (tertiary alicyclic amines) is 1. The van der Waals surface area contributed by atoms with Gasteiger partial charge in [-0.05, 0) is 50.1 Å². The van der Waals surface area contributed by atoms with E-state index >= 15 is 0 Å². The van der Waals surface area contributed by atoms with Gasteiger partial charge in [-0.3, -0.25) is 0 Å². The summed E-state index contributed by atoms with van der Waals surface area (Å²) in [7, 11) is 0. The Morgan fingerprint density at radius 2 is 1.96 bits per heavy atom. The van der Waals surface area contributed by atoms with Gasteiger partial charge < -0.3 is 15.5 Å². The van der Waals surface area contributed by atoms with Crippen LogP contribution in [0.5, 0.6) is 0 Å². The summed E-state index contributed by atoms with van der Waals surface area (Å²) < 4.78 is 13.3. The van der Waals surface area contributed by atoms with Crippen LogP contribution in [0.4, 0.5) is 20.6 Å². The van der Waals surface area contributed by atoms with E-state index in [4.69, 9.17) is 0 Å². The second kappa shape index (κ2) is 7.34. The molecule has 1 saturated heterocycles. The number of anilines is 2. The molecule has 5 heteroatoms. The highest BCUT2D eigenvalue weighted by Crippen LogP contribution is 2.18. The molecule has 0 aliphatic carbocycles. The molecule has 2 amide bonds. The van der Waals surface area contributed by atoms with Crippen molar-refractivity contribution >= 4 is 17.4 Å². The molecule has 0 saturated carbocycles. The predicted molar refractivity (Wildman–Crippen MR) is 94.8 cm³/mol. The van der Waals surface area contributed by atoms with Crippen molar-refractivity contribution in [2.45, 2.75) is 25.8 Å². The largest absolute Gasteiger partial charge is 0.380 e. The molecule has 126 valence electrons. The maximum Gasteiger partial charge on any atom is 0.321 e. The van der Waals surface area contributed by atoms with Crippen molar-refractivity contribution in [1.29, 1.82) is 0 Å². The van der Waals surface area contributed by atoms with Crippen molar-refractivity contribution in [2.24, 2.45) is 0 Å². The number of carbonyl (C=O) groups is 1. The zero-order valence-corrected chi connectivity index (χ0v) is 13.8. The van der Waals surface area contributed by atoms with Crippen LogP contribution in [0.3, 0.4) is 0 Å². The van der Waals surface area contributed by atoms with E-state index in [2.05, 4.69) is 10.6 Å². The molecule has 1 atom stereocenters. The van der Waals surface area contributed by atoms with Gasteiger partial charge >= 0.3 is 6.03 Å². The molecule has 24 heavy (non-hydrogen) atoms. The van der Waals surface area contributed by atoms with Crippen LogP contribution in [0.2, 0.25) is 0 Å². The molecule has 2 aromatic rings. The summed E-state index contributed by atoms with van der Waals surface area (Å²) in [5.41, 5.74) is 2.71. The number of hydrogen-bond acceptors (Lipinski definition) is 2. The average Bonchev–Trinajstić information content (AvgIpc) is 2.57. The van der Waals surface area contributed by atoms with Crippen molar-refractivity contribution < 1.29 is 9.18 Å². The number of amides is 2. The smallest absolute Gasteiger partial charge is 0.321 e. The lowest BCUT2D eigenvalue weighted by Crippen LogP contribution is -2.46. The number of piperidine rings is 1. The van der Waals surface area contributed by atoms with Gasteiger partial charge in [0.1, 0.15) is 5.82 Å². The van der Waals surface area contributed by atoms with Gasteiger partial charge in [0.25, 0.3) is 0 Å². The van der Waals surface area contributed by atoms with Gasteiger partial charge in [-0.1, -0.05) is 23.8 Å². The molecule has 2 aromatic carbocycles. The summed E-state index contributed by atoms with van der Waals surface area (Å²) in [4.78, 5) is 14.2. The Balaban J connectivity index is 1.58. The molecular weight excluding hydrogens is 305 g/mol. The minimum Gasteiger partial charge on any atom is -0.380 e. The molecule has 3 rings (SSSR count). The fourth-order valence-electron chi connectivity index (χ4n) is 2.93. The first kappa shape index (κ1) is 16.3. The van der Waals surface area contributed by atoms with Crippen LogP contribution in [-0.4, -0.2) is 30.1 Å². The van der Waals surface area contributed by atoms with Gasteiger partial charge in [0.15, 0.2) is 0 Å². The zero-order valence-electron chi connectivity index (χ0n) is 13.8. The fourth-order valence-corrected chi connectivity index (χ4v) is 2.93. The maximum atomic E-state index is 13.3. The lowest BCUT2D eigenvalue weighted by atomic mass is 10.1. The topological polar surface area (TPSA) is 44.4 Å². The number of rotatable bonds is 3. The second-order valence-electron chi connectivity index (χ2n) is 6.24. The van der Waals surface area contributed by atoms with Crippen molar-refractivity contribution in [1.82, 2.24) is 4.90 Å². The lowest BCUT2D eigenvalue weighted by molar-refractivity contribution is 0.196. The summed E-state index contributed by atoms with van der Waals surface area (Å²) in [5, 5.41) is 6.25. The average molecular weight is 327 g/mol. The van der Waals surface area contributed by atoms with E-state index in [9.17, 15) is 9.18 Å². The summed E-state index contributed by atoms with van der Waals surface area (Å²) in [5.74, 6) is -0.259. The van der Waals surface area contributed by atoms with Crippen molar-refractivity contribution in [2.75, 3.05) is 23.7 Å². The minimum atomic E-state index is -0.259. The quantitative estimate of drug-likeness (QED) is 0.885. The molecule has 0 radical (unpaired) electrons. The molecule has 1 heterocycles. The van der Waals surface area contributed by atoms with Crippen LogP contribution >= 0.6 is 0 Å². The highest BCUT2D eigenvalue weighted by atomic mass is 19.1. The van der Waals surface area contributed by atoms with Crippen LogP contribution < -0.4 is 10.6 Å². The summed E-state index contributed by atoms with van der Waals surface area (Å²) in [6.45, 7) is 3.35. The predicted octanol–water partition coefficient (Wildman–Crippen LogP) is 4.24. The number of nitrogens with one attached hydrogen (secondary N) is 2. The third-order valence-corrected chi connectivity index (χ3v) is 4.21. The highest BCUT2D eigenvalue weighted by molar-refractivity contribution is 5.89. The SMILES string of the molecule is Cc1ccc(NC(=O)N2CCC[C@H](Nc3cccc(F)c3)C2)cc1. The Morgan fingerprint density at radius 1 is 1.17 bits per heavy atom. The van der Waals surface area contributed by atoms with E-state index in [-0.39, 0.29) is 17.9 Å². The fraction of sp³-hybridized carbons (Fsp3) is 0.316. The normalized spacial score (nSPS) is 17.4. The van der Waals surface area contributed by atoms with Crippen LogP contribution in [0.25, 0.3) is 0 Å². The second-order valence-corrected chi connectivity index (χ2v) is 6.24. The van der Waals surface area contributed by atoms with Gasteiger partial charge in [-0.25, -0.2) is 9.18 Å². The Morgan fingerprint density at radius 3 is 2.71 bits per heavy atom. The third-order valence-electron chi connectivity index (χ3n) is 4.21. The molecule has 0 spiro atoms. The van der Waals surface area contributed by atoms with Gasteiger partial charge in [0.05, 0.1) is 0 Å². The number of nitrogens with zero attached hydrogens (tertiary/aromatic N) is 1. The van der Waals surface area contributed by atoms with E-state index in [0.29, 0.717) is 6.54 Å². The van der Waals surface area contributed by atoms with E-state index in [0.717, 1.165) is 36.3 Å².